The molecule has 2 atom stereocenters. The molecule has 0 fully saturated rings. The maximum atomic E-state index is 5.92. The van der Waals surface area contributed by atoms with Crippen molar-refractivity contribution in [2.45, 2.75) is 33.2 Å². The Balaban J connectivity index is 2.87. The summed E-state index contributed by atoms with van der Waals surface area (Å²) >= 11 is 0. The first-order valence-electron chi connectivity index (χ1n) is 4.28. The summed E-state index contributed by atoms with van der Waals surface area (Å²) in [6.07, 6.45) is 5.39. The van der Waals surface area contributed by atoms with E-state index in [1.807, 2.05) is 0 Å². The Morgan fingerprint density at radius 3 is 2.55 bits per heavy atom. The lowest BCUT2D eigenvalue weighted by Crippen LogP contribution is -2.30. The summed E-state index contributed by atoms with van der Waals surface area (Å²) in [5.41, 5.74) is 8.77. The molecule has 62 valence electrons. The second-order valence-electron chi connectivity index (χ2n) is 3.32. The Morgan fingerprint density at radius 1 is 1.45 bits per heavy atom. The fraction of sp³-hybridized carbons (Fsp3) is 0.600. The van der Waals surface area contributed by atoms with Crippen LogP contribution in [-0.4, -0.2) is 6.04 Å². The van der Waals surface area contributed by atoms with Crippen molar-refractivity contribution in [2.75, 3.05) is 0 Å². The maximum absolute atomic E-state index is 5.92. The topological polar surface area (TPSA) is 26.0 Å². The molecule has 0 radical (unpaired) electrons. The molecule has 0 saturated heterocycles. The lowest BCUT2D eigenvalue weighted by atomic mass is 9.83. The van der Waals surface area contributed by atoms with E-state index < -0.39 is 0 Å². The van der Waals surface area contributed by atoms with Gasteiger partial charge >= 0.3 is 0 Å². The fourth-order valence-corrected chi connectivity index (χ4v) is 1.68. The standard InChI is InChI=1S/C10H17N/c1-4-9-8(3)7(2)5-6-10(9)11/h5-6,9-10H,4,11H2,1-3H3. The van der Waals surface area contributed by atoms with Crippen molar-refractivity contribution in [3.63, 3.8) is 0 Å². The van der Waals surface area contributed by atoms with E-state index in [4.69, 9.17) is 5.73 Å². The number of allylic oxidation sites excluding steroid dienone is 2. The van der Waals surface area contributed by atoms with Gasteiger partial charge in [-0.3, -0.25) is 0 Å². The summed E-state index contributed by atoms with van der Waals surface area (Å²) in [5, 5.41) is 0. The van der Waals surface area contributed by atoms with E-state index in [9.17, 15) is 0 Å². The van der Waals surface area contributed by atoms with Crippen molar-refractivity contribution < 1.29 is 0 Å². The smallest absolute Gasteiger partial charge is 0.0293 e. The number of hydrogen-bond donors (Lipinski definition) is 1. The highest BCUT2D eigenvalue weighted by molar-refractivity contribution is 5.31. The monoisotopic (exact) mass is 151 g/mol. The van der Waals surface area contributed by atoms with Crippen molar-refractivity contribution in [3.05, 3.63) is 23.3 Å². The van der Waals surface area contributed by atoms with Crippen molar-refractivity contribution in [1.29, 1.82) is 0 Å². The normalized spacial score (nSPS) is 31.3. The lowest BCUT2D eigenvalue weighted by molar-refractivity contribution is 0.518. The zero-order valence-electron chi connectivity index (χ0n) is 7.59. The molecule has 1 aliphatic carbocycles. The molecular formula is C10H17N. The molecule has 1 heteroatoms. The molecule has 0 aliphatic heterocycles. The van der Waals surface area contributed by atoms with Crippen LogP contribution in [-0.2, 0) is 0 Å². The van der Waals surface area contributed by atoms with Crippen molar-refractivity contribution in [3.8, 4) is 0 Å². The number of nitrogens with two attached hydrogens (primary N) is 1. The summed E-state index contributed by atoms with van der Waals surface area (Å²) in [4.78, 5) is 0. The Morgan fingerprint density at radius 2 is 2.09 bits per heavy atom. The van der Waals surface area contributed by atoms with Crippen LogP contribution < -0.4 is 5.73 Å². The van der Waals surface area contributed by atoms with E-state index in [0.717, 1.165) is 6.42 Å². The van der Waals surface area contributed by atoms with Crippen LogP contribution in [0.2, 0.25) is 0 Å². The SMILES string of the molecule is CCC1C(C)=C(C)C=CC1N. The lowest BCUT2D eigenvalue weighted by Gasteiger charge is -2.25. The molecule has 0 saturated carbocycles. The van der Waals surface area contributed by atoms with Gasteiger partial charge in [-0.15, -0.1) is 0 Å². The first-order chi connectivity index (χ1) is 5.16. The summed E-state index contributed by atoms with van der Waals surface area (Å²) in [7, 11) is 0. The minimum atomic E-state index is 0.240. The molecule has 2 unspecified atom stereocenters. The second kappa shape index (κ2) is 3.22. The summed E-state index contributed by atoms with van der Waals surface area (Å²) in [6, 6.07) is 0.240. The van der Waals surface area contributed by atoms with Gasteiger partial charge in [-0.1, -0.05) is 30.2 Å². The zero-order valence-corrected chi connectivity index (χ0v) is 7.59. The molecule has 0 aromatic rings. The van der Waals surface area contributed by atoms with Crippen LogP contribution in [0.15, 0.2) is 23.3 Å². The molecule has 1 aliphatic rings. The van der Waals surface area contributed by atoms with Crippen LogP contribution in [0.25, 0.3) is 0 Å². The largest absolute Gasteiger partial charge is 0.324 e. The third-order valence-electron chi connectivity index (χ3n) is 2.65. The number of hydrogen-bond acceptors (Lipinski definition) is 1. The highest BCUT2D eigenvalue weighted by Crippen LogP contribution is 2.26. The van der Waals surface area contributed by atoms with Gasteiger partial charge in [-0.05, 0) is 26.2 Å². The van der Waals surface area contributed by atoms with Crippen molar-refractivity contribution in [1.82, 2.24) is 0 Å². The minimum Gasteiger partial charge on any atom is -0.324 e. The van der Waals surface area contributed by atoms with Crippen LogP contribution in [0, 0.1) is 5.92 Å². The van der Waals surface area contributed by atoms with E-state index in [-0.39, 0.29) is 6.04 Å². The second-order valence-corrected chi connectivity index (χ2v) is 3.32. The average molecular weight is 151 g/mol. The first kappa shape index (κ1) is 8.54. The Labute approximate surface area is 69.0 Å². The van der Waals surface area contributed by atoms with Crippen molar-refractivity contribution >= 4 is 0 Å². The fourth-order valence-electron chi connectivity index (χ4n) is 1.68. The van der Waals surface area contributed by atoms with Gasteiger partial charge in [-0.2, -0.15) is 0 Å². The van der Waals surface area contributed by atoms with E-state index in [0.29, 0.717) is 5.92 Å². The van der Waals surface area contributed by atoms with Gasteiger partial charge in [0.15, 0.2) is 0 Å². The van der Waals surface area contributed by atoms with Gasteiger partial charge in [0.25, 0.3) is 0 Å². The molecule has 0 aromatic heterocycles. The third-order valence-corrected chi connectivity index (χ3v) is 2.65. The molecule has 1 rings (SSSR count). The highest BCUT2D eigenvalue weighted by Gasteiger charge is 2.19. The molecule has 11 heavy (non-hydrogen) atoms. The van der Waals surface area contributed by atoms with E-state index in [1.54, 1.807) is 0 Å². The van der Waals surface area contributed by atoms with Gasteiger partial charge in [-0.25, -0.2) is 0 Å². The van der Waals surface area contributed by atoms with Gasteiger partial charge in [0.05, 0.1) is 0 Å². The molecule has 0 amide bonds. The van der Waals surface area contributed by atoms with Crippen LogP contribution >= 0.6 is 0 Å². The van der Waals surface area contributed by atoms with E-state index >= 15 is 0 Å². The average Bonchev–Trinajstić information content (AvgIpc) is 1.99. The summed E-state index contributed by atoms with van der Waals surface area (Å²) in [5.74, 6) is 0.569. The molecule has 0 heterocycles. The zero-order chi connectivity index (χ0) is 8.43. The molecule has 0 aromatic carbocycles. The maximum Gasteiger partial charge on any atom is 0.0293 e. The first-order valence-corrected chi connectivity index (χ1v) is 4.28. The predicted octanol–water partition coefficient (Wildman–Crippen LogP) is 2.25. The van der Waals surface area contributed by atoms with Crippen molar-refractivity contribution in [2.24, 2.45) is 11.7 Å². The molecule has 0 spiro atoms. The minimum absolute atomic E-state index is 0.240. The summed E-state index contributed by atoms with van der Waals surface area (Å²) < 4.78 is 0. The van der Waals surface area contributed by atoms with Crippen LogP contribution in [0.4, 0.5) is 0 Å². The van der Waals surface area contributed by atoms with Gasteiger partial charge in [0.1, 0.15) is 0 Å². The highest BCUT2D eigenvalue weighted by atomic mass is 14.6. The van der Waals surface area contributed by atoms with Gasteiger partial charge in [0.2, 0.25) is 0 Å². The van der Waals surface area contributed by atoms with Gasteiger partial charge < -0.3 is 5.73 Å². The predicted molar refractivity (Wildman–Crippen MR) is 49.3 cm³/mol. The molecular weight excluding hydrogens is 134 g/mol. The molecule has 1 nitrogen and oxygen atoms in total. The summed E-state index contributed by atoms with van der Waals surface area (Å²) in [6.45, 7) is 6.54. The molecule has 0 bridgehead atoms. The van der Waals surface area contributed by atoms with Gasteiger partial charge in [0, 0.05) is 6.04 Å². The van der Waals surface area contributed by atoms with E-state index in [1.165, 1.54) is 11.1 Å². The Hall–Kier alpha value is -0.560. The number of rotatable bonds is 1. The third kappa shape index (κ3) is 1.54. The molecule has 2 N–H and O–H groups in total. The quantitative estimate of drug-likeness (QED) is 0.611. The van der Waals surface area contributed by atoms with Crippen LogP contribution in [0.5, 0.6) is 0 Å². The van der Waals surface area contributed by atoms with Crippen LogP contribution in [0.1, 0.15) is 27.2 Å². The van der Waals surface area contributed by atoms with Crippen LogP contribution in [0.3, 0.4) is 0 Å². The Kier molecular flexibility index (Phi) is 2.50. The Bertz CT molecular complexity index is 201. The van der Waals surface area contributed by atoms with E-state index in [2.05, 4.69) is 32.9 Å².